The molecule has 4 atom stereocenters. The summed E-state index contributed by atoms with van der Waals surface area (Å²) in [6.45, 7) is 0.217. The number of aromatic nitrogens is 4. The summed E-state index contributed by atoms with van der Waals surface area (Å²) in [6, 6.07) is 0. The third-order valence-corrected chi connectivity index (χ3v) is 4.74. The van der Waals surface area contributed by atoms with Gasteiger partial charge in [-0.2, -0.15) is 16.7 Å². The molecular weight excluding hydrogens is 350 g/mol. The first-order valence-electron chi connectivity index (χ1n) is 7.89. The van der Waals surface area contributed by atoms with E-state index >= 15 is 0 Å². The quantitative estimate of drug-likeness (QED) is 0.383. The molecule has 0 bridgehead atoms. The Morgan fingerprint density at radius 3 is 2.92 bits per heavy atom. The number of thioether (sulfide) groups is 1. The molecule has 2 aromatic heterocycles. The zero-order valence-corrected chi connectivity index (χ0v) is 14.4. The fourth-order valence-electron chi connectivity index (χ4n) is 2.73. The van der Waals surface area contributed by atoms with E-state index in [4.69, 9.17) is 4.74 Å². The van der Waals surface area contributed by atoms with E-state index < -0.39 is 36.7 Å². The predicted octanol–water partition coefficient (Wildman–Crippen LogP) is -1.10. The molecule has 0 radical (unpaired) electrons. The van der Waals surface area contributed by atoms with Crippen LogP contribution in [0.25, 0.3) is 11.2 Å². The highest BCUT2D eigenvalue weighted by molar-refractivity contribution is 7.98. The summed E-state index contributed by atoms with van der Waals surface area (Å²) in [5.74, 6) is 1.28. The van der Waals surface area contributed by atoms with Crippen molar-refractivity contribution in [1.82, 2.24) is 19.5 Å². The van der Waals surface area contributed by atoms with E-state index in [9.17, 15) is 20.1 Å². The highest BCUT2D eigenvalue weighted by Gasteiger charge is 2.44. The van der Waals surface area contributed by atoms with E-state index in [1.165, 1.54) is 10.9 Å². The van der Waals surface area contributed by atoms with Gasteiger partial charge in [-0.25, -0.2) is 4.98 Å². The van der Waals surface area contributed by atoms with Crippen molar-refractivity contribution in [2.75, 3.05) is 30.5 Å². The first-order valence-corrected chi connectivity index (χ1v) is 9.28. The number of hydrogen-bond donors (Lipinski definition) is 5. The first-order chi connectivity index (χ1) is 12.1. The molecule has 0 aromatic carbocycles. The average molecular weight is 371 g/mol. The summed E-state index contributed by atoms with van der Waals surface area (Å²) in [5, 5.41) is 32.3. The van der Waals surface area contributed by atoms with Gasteiger partial charge in [0.1, 0.15) is 18.3 Å². The summed E-state index contributed by atoms with van der Waals surface area (Å²) in [5.41, 5.74) is -0.0822. The molecule has 3 heterocycles. The minimum absolute atomic E-state index is 0.104. The van der Waals surface area contributed by atoms with E-state index in [0.29, 0.717) is 12.5 Å². The number of fused-ring (bicyclic) bond motifs is 1. The van der Waals surface area contributed by atoms with Gasteiger partial charge in [0.2, 0.25) is 5.95 Å². The lowest BCUT2D eigenvalue weighted by molar-refractivity contribution is -0.0511. The largest absolute Gasteiger partial charge is 0.394 e. The number of ether oxygens (including phenoxy) is 1. The molecule has 11 heteroatoms. The van der Waals surface area contributed by atoms with Crippen LogP contribution in [0.5, 0.6) is 0 Å². The first kappa shape index (κ1) is 18.1. The van der Waals surface area contributed by atoms with Crippen LogP contribution in [0.1, 0.15) is 12.6 Å². The Morgan fingerprint density at radius 1 is 1.44 bits per heavy atom. The molecule has 3 rings (SSSR count). The van der Waals surface area contributed by atoms with Crippen molar-refractivity contribution in [3.63, 3.8) is 0 Å². The van der Waals surface area contributed by atoms with Gasteiger partial charge in [0.25, 0.3) is 5.56 Å². The summed E-state index contributed by atoms with van der Waals surface area (Å²) in [6.07, 6.45) is -0.153. The fourth-order valence-corrected chi connectivity index (χ4v) is 3.16. The maximum atomic E-state index is 12.2. The number of hydrogen-bond acceptors (Lipinski definition) is 9. The molecule has 0 unspecified atom stereocenters. The van der Waals surface area contributed by atoms with E-state index in [-0.39, 0.29) is 11.2 Å². The molecule has 0 amide bonds. The van der Waals surface area contributed by atoms with Crippen LogP contribution in [0.2, 0.25) is 0 Å². The molecule has 0 aliphatic carbocycles. The molecule has 1 aliphatic rings. The Morgan fingerprint density at radius 2 is 2.24 bits per heavy atom. The number of anilines is 1. The number of aliphatic hydroxyl groups excluding tert-OH is 3. The minimum Gasteiger partial charge on any atom is -0.394 e. The van der Waals surface area contributed by atoms with Crippen LogP contribution < -0.4 is 10.9 Å². The SMILES string of the molecule is CSCCCNc1nc2c(ncn2[C@@H]2O[C@H](CO)[C@@H](O)[C@H]2O)c(=O)[nH]1. The highest BCUT2D eigenvalue weighted by atomic mass is 32.2. The van der Waals surface area contributed by atoms with Gasteiger partial charge < -0.3 is 25.4 Å². The van der Waals surface area contributed by atoms with Crippen molar-refractivity contribution < 1.29 is 20.1 Å². The van der Waals surface area contributed by atoms with Crippen molar-refractivity contribution in [1.29, 1.82) is 0 Å². The molecule has 10 nitrogen and oxygen atoms in total. The lowest BCUT2D eigenvalue weighted by Crippen LogP contribution is -2.33. The van der Waals surface area contributed by atoms with Crippen molar-refractivity contribution in [3.05, 3.63) is 16.7 Å². The molecule has 1 aliphatic heterocycles. The van der Waals surface area contributed by atoms with Gasteiger partial charge in [0, 0.05) is 6.54 Å². The van der Waals surface area contributed by atoms with Gasteiger partial charge >= 0.3 is 0 Å². The molecule has 1 saturated heterocycles. The van der Waals surface area contributed by atoms with Gasteiger partial charge in [-0.3, -0.25) is 14.3 Å². The summed E-state index contributed by atoms with van der Waals surface area (Å²) >= 11 is 1.73. The molecule has 1 fully saturated rings. The molecule has 2 aromatic rings. The Kier molecular flexibility index (Phi) is 5.59. The standard InChI is InChI=1S/C14H21N5O5S/c1-25-4-2-3-15-14-17-11-8(12(23)18-14)16-6-19(11)13-10(22)9(21)7(5-20)24-13/h6-7,9-10,13,20-22H,2-5H2,1H3,(H2,15,17,18,23)/t7-,9-,10-,13-/m1/s1. The summed E-state index contributed by atoms with van der Waals surface area (Å²) in [7, 11) is 0. The summed E-state index contributed by atoms with van der Waals surface area (Å²) < 4.78 is 6.87. The Bertz CT molecular complexity index is 781. The average Bonchev–Trinajstić information content (AvgIpc) is 3.14. The zero-order chi connectivity index (χ0) is 18.0. The van der Waals surface area contributed by atoms with E-state index in [2.05, 4.69) is 20.3 Å². The van der Waals surface area contributed by atoms with Gasteiger partial charge in [0.05, 0.1) is 12.9 Å². The van der Waals surface area contributed by atoms with Crippen molar-refractivity contribution >= 4 is 28.9 Å². The predicted molar refractivity (Wildman–Crippen MR) is 92.6 cm³/mol. The van der Waals surface area contributed by atoms with Crippen LogP contribution in [0.4, 0.5) is 5.95 Å². The number of imidazole rings is 1. The number of aromatic amines is 1. The minimum atomic E-state index is -1.27. The van der Waals surface area contributed by atoms with Gasteiger partial charge in [-0.1, -0.05) is 0 Å². The smallest absolute Gasteiger partial charge is 0.280 e. The lowest BCUT2D eigenvalue weighted by atomic mass is 10.1. The van der Waals surface area contributed by atoms with E-state index in [0.717, 1.165) is 12.2 Å². The van der Waals surface area contributed by atoms with Crippen LogP contribution in [0.3, 0.4) is 0 Å². The van der Waals surface area contributed by atoms with Crippen LogP contribution in [0, 0.1) is 0 Å². The van der Waals surface area contributed by atoms with Crippen LogP contribution in [0.15, 0.2) is 11.1 Å². The number of nitrogens with one attached hydrogen (secondary N) is 2. The Balaban J connectivity index is 1.89. The van der Waals surface area contributed by atoms with E-state index in [1.807, 2.05) is 6.26 Å². The Hall–Kier alpha value is -1.66. The van der Waals surface area contributed by atoms with Crippen LogP contribution in [-0.2, 0) is 4.74 Å². The maximum absolute atomic E-state index is 12.2. The second-order valence-corrected chi connectivity index (χ2v) is 6.73. The van der Waals surface area contributed by atoms with Crippen LogP contribution in [-0.4, -0.2) is 78.3 Å². The molecular formula is C14H21N5O5S. The normalized spacial score (nSPS) is 26.4. The number of aliphatic hydroxyl groups is 3. The molecule has 0 spiro atoms. The van der Waals surface area contributed by atoms with E-state index in [1.54, 1.807) is 11.8 Å². The maximum Gasteiger partial charge on any atom is 0.280 e. The second-order valence-electron chi connectivity index (χ2n) is 5.74. The molecule has 25 heavy (non-hydrogen) atoms. The summed E-state index contributed by atoms with van der Waals surface area (Å²) in [4.78, 5) is 23.1. The molecule has 138 valence electrons. The Labute approximate surface area is 147 Å². The number of H-pyrrole nitrogens is 1. The number of rotatable bonds is 7. The second kappa shape index (κ2) is 7.70. The van der Waals surface area contributed by atoms with Crippen LogP contribution >= 0.6 is 11.8 Å². The van der Waals surface area contributed by atoms with Gasteiger partial charge in [-0.05, 0) is 18.4 Å². The fraction of sp³-hybridized carbons (Fsp3) is 0.643. The van der Waals surface area contributed by atoms with Gasteiger partial charge in [0.15, 0.2) is 17.4 Å². The molecule has 5 N–H and O–H groups in total. The number of nitrogens with zero attached hydrogens (tertiary/aromatic N) is 3. The van der Waals surface area contributed by atoms with Crippen molar-refractivity contribution in [2.45, 2.75) is 31.0 Å². The zero-order valence-electron chi connectivity index (χ0n) is 13.6. The topological polar surface area (TPSA) is 146 Å². The third kappa shape index (κ3) is 3.51. The highest BCUT2D eigenvalue weighted by Crippen LogP contribution is 2.30. The van der Waals surface area contributed by atoms with Crippen molar-refractivity contribution in [2.24, 2.45) is 0 Å². The molecule has 0 saturated carbocycles. The monoisotopic (exact) mass is 371 g/mol. The third-order valence-electron chi connectivity index (χ3n) is 4.04. The van der Waals surface area contributed by atoms with Gasteiger partial charge in [-0.15, -0.1) is 0 Å². The lowest BCUT2D eigenvalue weighted by Gasteiger charge is -2.16. The van der Waals surface area contributed by atoms with Crippen molar-refractivity contribution in [3.8, 4) is 0 Å².